The molecule has 0 aliphatic rings. The Morgan fingerprint density at radius 3 is 2.20 bits per heavy atom. The summed E-state index contributed by atoms with van der Waals surface area (Å²) in [5.74, 6) is -0.745. The Morgan fingerprint density at radius 2 is 1.90 bits per heavy atom. The first-order valence-electron chi connectivity index (χ1n) is 2.82. The second kappa shape index (κ2) is 4.35. The Labute approximate surface area is 58.1 Å². The Kier molecular flexibility index (Phi) is 4.13. The quantitative estimate of drug-likeness (QED) is 0.346. The van der Waals surface area contributed by atoms with E-state index in [4.69, 9.17) is 21.1 Å². The van der Waals surface area contributed by atoms with Gasteiger partial charge in [-0.15, -0.1) is 0 Å². The number of aliphatic hydroxyl groups excluding tert-OH is 3. The highest BCUT2D eigenvalue weighted by Gasteiger charge is 2.20. The molecular formula is C5H11NO4. The molecule has 5 nitrogen and oxygen atoms in total. The van der Waals surface area contributed by atoms with Crippen LogP contribution in [0.2, 0.25) is 0 Å². The van der Waals surface area contributed by atoms with Crippen molar-refractivity contribution in [3.05, 3.63) is 0 Å². The number of hydrogen-bond acceptors (Lipinski definition) is 5. The lowest BCUT2D eigenvalue weighted by Gasteiger charge is -2.09. The molecule has 2 atom stereocenters. The summed E-state index contributed by atoms with van der Waals surface area (Å²) in [6, 6.07) is -1.10. The summed E-state index contributed by atoms with van der Waals surface area (Å²) in [5.41, 5.74) is 5.02. The fraction of sp³-hybridized carbons (Fsp3) is 0.800. The molecule has 0 saturated heterocycles. The third kappa shape index (κ3) is 2.40. The highest BCUT2D eigenvalue weighted by atomic mass is 16.3. The van der Waals surface area contributed by atoms with Crippen molar-refractivity contribution in [2.75, 3.05) is 13.2 Å². The van der Waals surface area contributed by atoms with Crippen LogP contribution in [0.5, 0.6) is 0 Å². The molecule has 0 heterocycles. The summed E-state index contributed by atoms with van der Waals surface area (Å²) >= 11 is 0. The first-order chi connectivity index (χ1) is 4.63. The van der Waals surface area contributed by atoms with Crippen LogP contribution >= 0.6 is 0 Å². The molecule has 0 aliphatic carbocycles. The second-order valence-corrected chi connectivity index (χ2v) is 1.89. The fourth-order valence-corrected chi connectivity index (χ4v) is 0.427. The van der Waals surface area contributed by atoms with Crippen molar-refractivity contribution < 1.29 is 20.1 Å². The Morgan fingerprint density at radius 1 is 1.40 bits per heavy atom. The lowest BCUT2D eigenvalue weighted by Crippen LogP contribution is -2.42. The highest BCUT2D eigenvalue weighted by Crippen LogP contribution is 1.88. The van der Waals surface area contributed by atoms with E-state index in [1.165, 1.54) is 0 Å². The maximum absolute atomic E-state index is 10.6. The van der Waals surface area contributed by atoms with Crippen molar-refractivity contribution in [1.82, 2.24) is 0 Å². The zero-order valence-electron chi connectivity index (χ0n) is 5.40. The number of hydrogen-bond donors (Lipinski definition) is 4. The number of aliphatic hydroxyl groups is 3. The summed E-state index contributed by atoms with van der Waals surface area (Å²) in [7, 11) is 0. The first-order valence-corrected chi connectivity index (χ1v) is 2.82. The molecular weight excluding hydrogens is 138 g/mol. The molecule has 0 aromatic rings. The van der Waals surface area contributed by atoms with Gasteiger partial charge in [0.15, 0.2) is 5.78 Å². The fourth-order valence-electron chi connectivity index (χ4n) is 0.427. The highest BCUT2D eigenvalue weighted by molar-refractivity contribution is 5.87. The molecule has 0 aromatic heterocycles. The number of ketones is 1. The molecule has 0 spiro atoms. The van der Waals surface area contributed by atoms with Gasteiger partial charge in [0.25, 0.3) is 0 Å². The van der Waals surface area contributed by atoms with Gasteiger partial charge in [0.05, 0.1) is 19.3 Å². The van der Waals surface area contributed by atoms with Crippen LogP contribution in [0.25, 0.3) is 0 Å². The summed E-state index contributed by atoms with van der Waals surface area (Å²) in [4.78, 5) is 10.6. The van der Waals surface area contributed by atoms with Crippen LogP contribution in [0.15, 0.2) is 0 Å². The molecule has 5 N–H and O–H groups in total. The molecule has 0 aliphatic heterocycles. The van der Waals surface area contributed by atoms with E-state index in [0.717, 1.165) is 0 Å². The van der Waals surface area contributed by atoms with Gasteiger partial charge in [-0.1, -0.05) is 0 Å². The van der Waals surface area contributed by atoms with Crippen LogP contribution in [-0.4, -0.2) is 46.5 Å². The zero-order valence-corrected chi connectivity index (χ0v) is 5.40. The van der Waals surface area contributed by atoms with E-state index in [1.807, 2.05) is 0 Å². The van der Waals surface area contributed by atoms with Crippen LogP contribution in [-0.2, 0) is 4.79 Å². The number of Topliss-reactive ketones (excluding diaryl/α,β-unsaturated/α-hetero) is 1. The van der Waals surface area contributed by atoms with Crippen molar-refractivity contribution in [3.63, 3.8) is 0 Å². The maximum Gasteiger partial charge on any atom is 0.182 e. The second-order valence-electron chi connectivity index (χ2n) is 1.89. The standard InChI is InChI=1S/C5H11NO4/c6-3(1-7)5(10)4(9)2-8/h3-4,7-9H,1-2,6H2/t3-,4-/m0/s1. The normalized spacial score (nSPS) is 16.4. The van der Waals surface area contributed by atoms with Gasteiger partial charge in [0.2, 0.25) is 0 Å². The number of rotatable bonds is 4. The molecule has 60 valence electrons. The third-order valence-electron chi connectivity index (χ3n) is 1.06. The summed E-state index contributed by atoms with van der Waals surface area (Å²) < 4.78 is 0. The van der Waals surface area contributed by atoms with Gasteiger partial charge in [0.1, 0.15) is 6.10 Å². The van der Waals surface area contributed by atoms with E-state index in [9.17, 15) is 4.79 Å². The van der Waals surface area contributed by atoms with Crippen LogP contribution in [0, 0.1) is 0 Å². The SMILES string of the molecule is N[C@@H](CO)C(=O)[C@@H](O)CO. The van der Waals surface area contributed by atoms with Gasteiger partial charge < -0.3 is 21.1 Å². The Balaban J connectivity index is 3.82. The minimum atomic E-state index is -1.47. The molecule has 0 amide bonds. The average molecular weight is 149 g/mol. The van der Waals surface area contributed by atoms with Crippen LogP contribution in [0.3, 0.4) is 0 Å². The smallest absolute Gasteiger partial charge is 0.182 e. The largest absolute Gasteiger partial charge is 0.394 e. The van der Waals surface area contributed by atoms with Crippen LogP contribution in [0.4, 0.5) is 0 Å². The van der Waals surface area contributed by atoms with Crippen LogP contribution < -0.4 is 5.73 Å². The minimum absolute atomic E-state index is 0.518. The van der Waals surface area contributed by atoms with Crippen molar-refractivity contribution in [2.24, 2.45) is 5.73 Å². The number of carbonyl (C=O) groups excluding carboxylic acids is 1. The molecule has 0 bridgehead atoms. The van der Waals surface area contributed by atoms with Gasteiger partial charge in [0, 0.05) is 0 Å². The van der Waals surface area contributed by atoms with E-state index in [0.29, 0.717) is 0 Å². The molecule has 5 heteroatoms. The average Bonchev–Trinajstić information content (AvgIpc) is 2.00. The van der Waals surface area contributed by atoms with Gasteiger partial charge >= 0.3 is 0 Å². The van der Waals surface area contributed by atoms with Crippen molar-refractivity contribution >= 4 is 5.78 Å². The predicted octanol–water partition coefficient (Wildman–Crippen LogP) is -2.77. The van der Waals surface area contributed by atoms with Crippen molar-refractivity contribution in [3.8, 4) is 0 Å². The molecule has 0 aromatic carbocycles. The molecule has 10 heavy (non-hydrogen) atoms. The summed E-state index contributed by atoms with van der Waals surface area (Å²) in [6.07, 6.45) is -1.47. The Hall–Kier alpha value is -0.490. The van der Waals surface area contributed by atoms with Crippen molar-refractivity contribution in [2.45, 2.75) is 12.1 Å². The summed E-state index contributed by atoms with van der Waals surface area (Å²) in [6.45, 7) is -1.18. The van der Waals surface area contributed by atoms with Gasteiger partial charge in [-0.25, -0.2) is 0 Å². The first kappa shape index (κ1) is 9.51. The van der Waals surface area contributed by atoms with Gasteiger partial charge in [-0.2, -0.15) is 0 Å². The number of carbonyl (C=O) groups is 1. The predicted molar refractivity (Wildman–Crippen MR) is 33.2 cm³/mol. The lowest BCUT2D eigenvalue weighted by molar-refractivity contribution is -0.131. The topological polar surface area (TPSA) is 104 Å². The summed E-state index contributed by atoms with van der Waals surface area (Å²) in [5, 5.41) is 25.2. The van der Waals surface area contributed by atoms with Crippen molar-refractivity contribution in [1.29, 1.82) is 0 Å². The number of nitrogens with two attached hydrogens (primary N) is 1. The van der Waals surface area contributed by atoms with E-state index in [-0.39, 0.29) is 0 Å². The van der Waals surface area contributed by atoms with Gasteiger partial charge in [-0.3, -0.25) is 4.79 Å². The maximum atomic E-state index is 10.6. The van der Waals surface area contributed by atoms with E-state index in [2.05, 4.69) is 0 Å². The van der Waals surface area contributed by atoms with E-state index < -0.39 is 31.1 Å². The van der Waals surface area contributed by atoms with Gasteiger partial charge in [-0.05, 0) is 0 Å². The molecule has 0 radical (unpaired) electrons. The third-order valence-corrected chi connectivity index (χ3v) is 1.06. The minimum Gasteiger partial charge on any atom is -0.394 e. The molecule has 0 rings (SSSR count). The monoisotopic (exact) mass is 149 g/mol. The van der Waals surface area contributed by atoms with E-state index >= 15 is 0 Å². The molecule has 0 saturated carbocycles. The van der Waals surface area contributed by atoms with E-state index in [1.54, 1.807) is 0 Å². The van der Waals surface area contributed by atoms with Crippen LogP contribution in [0.1, 0.15) is 0 Å². The Bertz CT molecular complexity index is 104. The molecule has 0 unspecified atom stereocenters. The molecule has 0 fully saturated rings. The zero-order chi connectivity index (χ0) is 8.15. The lowest BCUT2D eigenvalue weighted by atomic mass is 10.1.